The van der Waals surface area contributed by atoms with Crippen LogP contribution in [0.15, 0.2) is 12.1 Å². The van der Waals surface area contributed by atoms with Gasteiger partial charge in [0.15, 0.2) is 0 Å². The molecule has 0 bridgehead atoms. The number of hydrogen-bond acceptors (Lipinski definition) is 3. The number of aliphatic hydroxyl groups is 1. The minimum absolute atomic E-state index is 0.00722. The van der Waals surface area contributed by atoms with E-state index in [1.807, 2.05) is 6.07 Å². The lowest BCUT2D eigenvalue weighted by Gasteiger charge is -2.16. The van der Waals surface area contributed by atoms with Crippen LogP contribution in [0.3, 0.4) is 0 Å². The van der Waals surface area contributed by atoms with Crippen molar-refractivity contribution >= 4 is 0 Å². The van der Waals surface area contributed by atoms with Gasteiger partial charge in [-0.15, -0.1) is 0 Å². The van der Waals surface area contributed by atoms with E-state index < -0.39 is 0 Å². The highest BCUT2D eigenvalue weighted by molar-refractivity contribution is 5.30. The maximum atomic E-state index is 8.84. The van der Waals surface area contributed by atoms with Gasteiger partial charge in [0.25, 0.3) is 0 Å². The van der Waals surface area contributed by atoms with E-state index in [0.29, 0.717) is 0 Å². The first-order valence-electron chi connectivity index (χ1n) is 4.12. The Morgan fingerprint density at radius 1 is 1.50 bits per heavy atom. The molecule has 1 aromatic rings. The molecular weight excluding hydrogens is 154 g/mol. The van der Waals surface area contributed by atoms with Crippen molar-refractivity contribution in [1.82, 2.24) is 4.98 Å². The molecule has 1 N–H and O–H groups in total. The standard InChI is InChI=1S/C9H11NO2/c11-6-7-3-4-9-8(10-7)2-1-5-12-9/h3-4,11H,1-2,5-6H2. The highest BCUT2D eigenvalue weighted by Crippen LogP contribution is 2.22. The van der Waals surface area contributed by atoms with Crippen molar-refractivity contribution in [1.29, 1.82) is 0 Å². The van der Waals surface area contributed by atoms with Crippen LogP contribution in [0.5, 0.6) is 5.75 Å². The van der Waals surface area contributed by atoms with Crippen molar-refractivity contribution in [3.8, 4) is 5.75 Å². The number of nitrogens with zero attached hydrogens (tertiary/aromatic N) is 1. The lowest BCUT2D eigenvalue weighted by molar-refractivity contribution is 0.268. The summed E-state index contributed by atoms with van der Waals surface area (Å²) in [5.41, 5.74) is 1.70. The third-order valence-electron chi connectivity index (χ3n) is 1.97. The Balaban J connectivity index is 2.36. The van der Waals surface area contributed by atoms with Crippen LogP contribution in [-0.4, -0.2) is 16.7 Å². The van der Waals surface area contributed by atoms with E-state index in [4.69, 9.17) is 9.84 Å². The second-order valence-electron chi connectivity index (χ2n) is 2.86. The summed E-state index contributed by atoms with van der Waals surface area (Å²) >= 11 is 0. The molecule has 0 atom stereocenters. The van der Waals surface area contributed by atoms with Crippen LogP contribution < -0.4 is 4.74 Å². The summed E-state index contributed by atoms with van der Waals surface area (Å²) in [6, 6.07) is 3.68. The van der Waals surface area contributed by atoms with Crippen LogP contribution in [0.2, 0.25) is 0 Å². The zero-order chi connectivity index (χ0) is 8.39. The van der Waals surface area contributed by atoms with Gasteiger partial charge in [0.05, 0.1) is 24.6 Å². The van der Waals surface area contributed by atoms with Crippen molar-refractivity contribution in [3.63, 3.8) is 0 Å². The molecule has 0 saturated heterocycles. The number of fused-ring (bicyclic) bond motifs is 1. The van der Waals surface area contributed by atoms with Gasteiger partial charge >= 0.3 is 0 Å². The van der Waals surface area contributed by atoms with Crippen molar-refractivity contribution < 1.29 is 9.84 Å². The van der Waals surface area contributed by atoms with Crippen LogP contribution >= 0.6 is 0 Å². The first kappa shape index (κ1) is 7.55. The van der Waals surface area contributed by atoms with Gasteiger partial charge in [-0.25, -0.2) is 0 Å². The SMILES string of the molecule is OCc1ccc2c(n1)CCCO2. The molecule has 2 heterocycles. The van der Waals surface area contributed by atoms with Gasteiger partial charge in [0.1, 0.15) is 5.75 Å². The first-order valence-corrected chi connectivity index (χ1v) is 4.12. The number of rotatable bonds is 1. The molecule has 1 aromatic heterocycles. The van der Waals surface area contributed by atoms with Crippen LogP contribution in [0.4, 0.5) is 0 Å². The molecule has 0 saturated carbocycles. The molecule has 1 aliphatic rings. The molecule has 0 aliphatic carbocycles. The van der Waals surface area contributed by atoms with Crippen molar-refractivity contribution in [2.45, 2.75) is 19.4 Å². The average molecular weight is 165 g/mol. The second kappa shape index (κ2) is 3.11. The summed E-state index contributed by atoms with van der Waals surface area (Å²) in [4.78, 5) is 4.26. The van der Waals surface area contributed by atoms with E-state index in [1.54, 1.807) is 6.07 Å². The van der Waals surface area contributed by atoms with Gasteiger partial charge in [0, 0.05) is 0 Å². The number of hydrogen-bond donors (Lipinski definition) is 1. The Bertz CT molecular complexity index is 286. The topological polar surface area (TPSA) is 42.4 Å². The van der Waals surface area contributed by atoms with E-state index in [-0.39, 0.29) is 6.61 Å². The number of pyridine rings is 1. The van der Waals surface area contributed by atoms with Crippen LogP contribution in [-0.2, 0) is 13.0 Å². The Hall–Kier alpha value is -1.09. The highest BCUT2D eigenvalue weighted by Gasteiger charge is 2.11. The number of aromatic nitrogens is 1. The van der Waals surface area contributed by atoms with Gasteiger partial charge in [-0.2, -0.15) is 0 Å². The molecule has 3 nitrogen and oxygen atoms in total. The van der Waals surface area contributed by atoms with E-state index in [2.05, 4.69) is 4.98 Å². The summed E-state index contributed by atoms with van der Waals surface area (Å²) in [6.07, 6.45) is 1.98. The first-order chi connectivity index (χ1) is 5.90. The minimum atomic E-state index is 0.00722. The largest absolute Gasteiger partial charge is 0.492 e. The molecular formula is C9H11NO2. The van der Waals surface area contributed by atoms with Crippen molar-refractivity contribution in [2.24, 2.45) is 0 Å². The lowest BCUT2D eigenvalue weighted by Crippen LogP contribution is -2.10. The minimum Gasteiger partial charge on any atom is -0.492 e. The quantitative estimate of drug-likeness (QED) is 0.672. The van der Waals surface area contributed by atoms with E-state index in [1.165, 1.54) is 0 Å². The van der Waals surface area contributed by atoms with Gasteiger partial charge in [-0.05, 0) is 25.0 Å². The van der Waals surface area contributed by atoms with E-state index in [9.17, 15) is 0 Å². The maximum Gasteiger partial charge on any atom is 0.140 e. The second-order valence-corrected chi connectivity index (χ2v) is 2.86. The Morgan fingerprint density at radius 2 is 2.42 bits per heavy atom. The predicted molar refractivity (Wildman–Crippen MR) is 44.0 cm³/mol. The molecule has 64 valence electrons. The summed E-state index contributed by atoms with van der Waals surface area (Å²) in [7, 11) is 0. The number of ether oxygens (including phenoxy) is 1. The van der Waals surface area contributed by atoms with E-state index >= 15 is 0 Å². The van der Waals surface area contributed by atoms with Gasteiger partial charge in [-0.1, -0.05) is 0 Å². The van der Waals surface area contributed by atoms with Crippen LogP contribution in [0, 0.1) is 0 Å². The molecule has 0 unspecified atom stereocenters. The highest BCUT2D eigenvalue weighted by atomic mass is 16.5. The zero-order valence-electron chi connectivity index (χ0n) is 6.79. The molecule has 1 aliphatic heterocycles. The third-order valence-corrected chi connectivity index (χ3v) is 1.97. The van der Waals surface area contributed by atoms with Crippen molar-refractivity contribution in [3.05, 3.63) is 23.5 Å². The smallest absolute Gasteiger partial charge is 0.140 e. The molecule has 0 radical (unpaired) electrons. The number of aryl methyl sites for hydroxylation is 1. The molecule has 12 heavy (non-hydrogen) atoms. The Kier molecular flexibility index (Phi) is 1.96. The molecule has 0 aromatic carbocycles. The fourth-order valence-corrected chi connectivity index (χ4v) is 1.35. The van der Waals surface area contributed by atoms with Gasteiger partial charge < -0.3 is 9.84 Å². The maximum absolute atomic E-state index is 8.84. The Morgan fingerprint density at radius 3 is 3.25 bits per heavy atom. The van der Waals surface area contributed by atoms with Gasteiger partial charge in [0.2, 0.25) is 0 Å². The predicted octanol–water partition coefficient (Wildman–Crippen LogP) is 0.899. The van der Waals surface area contributed by atoms with E-state index in [0.717, 1.165) is 36.6 Å². The molecule has 2 rings (SSSR count). The summed E-state index contributed by atoms with van der Waals surface area (Å²) in [5, 5.41) is 8.84. The normalized spacial score (nSPS) is 15.1. The van der Waals surface area contributed by atoms with Crippen LogP contribution in [0.25, 0.3) is 0 Å². The molecule has 0 fully saturated rings. The lowest BCUT2D eigenvalue weighted by atomic mass is 10.1. The fraction of sp³-hybridized carbons (Fsp3) is 0.444. The number of aliphatic hydroxyl groups excluding tert-OH is 1. The summed E-state index contributed by atoms with van der Waals surface area (Å²) < 4.78 is 5.38. The van der Waals surface area contributed by atoms with Crippen LogP contribution in [0.1, 0.15) is 17.8 Å². The summed E-state index contributed by atoms with van der Waals surface area (Å²) in [6.45, 7) is 0.792. The summed E-state index contributed by atoms with van der Waals surface area (Å²) in [5.74, 6) is 0.874. The average Bonchev–Trinajstić information content (AvgIpc) is 2.17. The van der Waals surface area contributed by atoms with Gasteiger partial charge in [-0.3, -0.25) is 4.98 Å². The Labute approximate surface area is 71.0 Å². The fourth-order valence-electron chi connectivity index (χ4n) is 1.35. The monoisotopic (exact) mass is 165 g/mol. The zero-order valence-corrected chi connectivity index (χ0v) is 6.79. The molecule has 0 amide bonds. The molecule has 0 spiro atoms. The van der Waals surface area contributed by atoms with Crippen molar-refractivity contribution in [2.75, 3.05) is 6.61 Å². The molecule has 3 heteroatoms. The third kappa shape index (κ3) is 1.28.